The van der Waals surface area contributed by atoms with Gasteiger partial charge in [-0.05, 0) is 48.9 Å². The van der Waals surface area contributed by atoms with Gasteiger partial charge in [0.1, 0.15) is 23.0 Å². The highest BCUT2D eigenvalue weighted by molar-refractivity contribution is 6.14. The second-order valence-electron chi connectivity index (χ2n) is 9.07. The van der Waals surface area contributed by atoms with E-state index in [0.29, 0.717) is 29.2 Å². The molecular weight excluding hydrogens is 448 g/mol. The van der Waals surface area contributed by atoms with E-state index < -0.39 is 0 Å². The second kappa shape index (κ2) is 8.79. The Morgan fingerprint density at radius 3 is 2.49 bits per heavy atom. The van der Waals surface area contributed by atoms with Crippen molar-refractivity contribution in [3.8, 4) is 23.0 Å². The molecule has 4 heterocycles. The normalized spacial score (nSPS) is 18.8. The van der Waals surface area contributed by atoms with Crippen LogP contribution in [0.25, 0.3) is 6.08 Å². The first-order valence-corrected chi connectivity index (χ1v) is 11.7. The van der Waals surface area contributed by atoms with E-state index in [4.69, 9.17) is 18.6 Å². The number of carbonyl (C=O) groups excluding carboxylic acids is 1. The lowest BCUT2D eigenvalue weighted by atomic mass is 10.0. The van der Waals surface area contributed by atoms with Gasteiger partial charge in [-0.2, -0.15) is 0 Å². The molecule has 0 spiro atoms. The van der Waals surface area contributed by atoms with Gasteiger partial charge in [-0.1, -0.05) is 6.07 Å². The number of aryl methyl sites for hydroxylation is 1. The third-order valence-electron chi connectivity index (χ3n) is 6.64. The summed E-state index contributed by atoms with van der Waals surface area (Å²) in [7, 11) is 0. The van der Waals surface area contributed by atoms with Crippen LogP contribution in [-0.2, 0) is 13.1 Å². The smallest absolute Gasteiger partial charge is 0.232 e. The van der Waals surface area contributed by atoms with E-state index in [2.05, 4.69) is 15.9 Å². The highest BCUT2D eigenvalue weighted by atomic mass is 16.7. The number of benzene rings is 2. The predicted octanol–water partition coefficient (Wildman–Crippen LogP) is 3.96. The largest absolute Gasteiger partial charge is 0.507 e. The summed E-state index contributed by atoms with van der Waals surface area (Å²) in [4.78, 5) is 17.6. The van der Waals surface area contributed by atoms with Crippen molar-refractivity contribution in [1.82, 2.24) is 9.80 Å². The molecule has 0 amide bonds. The molecule has 1 saturated heterocycles. The van der Waals surface area contributed by atoms with Crippen molar-refractivity contribution in [3.63, 3.8) is 0 Å². The fraction of sp³-hybridized carbons (Fsp3) is 0.296. The molecule has 1 N–H and O–H groups in total. The van der Waals surface area contributed by atoms with Gasteiger partial charge in [-0.25, -0.2) is 0 Å². The van der Waals surface area contributed by atoms with Crippen LogP contribution in [0.3, 0.4) is 0 Å². The molecule has 0 unspecified atom stereocenters. The van der Waals surface area contributed by atoms with Gasteiger partial charge in [0.15, 0.2) is 17.3 Å². The third-order valence-corrected chi connectivity index (χ3v) is 6.64. The van der Waals surface area contributed by atoms with Gasteiger partial charge in [0.25, 0.3) is 0 Å². The second-order valence-corrected chi connectivity index (χ2v) is 9.07. The fourth-order valence-electron chi connectivity index (χ4n) is 4.74. The predicted molar refractivity (Wildman–Crippen MR) is 128 cm³/mol. The third kappa shape index (κ3) is 4.26. The summed E-state index contributed by atoms with van der Waals surface area (Å²) in [5.74, 6) is 3.49. The van der Waals surface area contributed by atoms with Crippen molar-refractivity contribution in [2.24, 2.45) is 0 Å². The van der Waals surface area contributed by atoms with E-state index in [-0.39, 0.29) is 24.1 Å². The van der Waals surface area contributed by atoms with Crippen molar-refractivity contribution in [2.45, 2.75) is 20.0 Å². The number of ether oxygens (including phenoxy) is 3. The van der Waals surface area contributed by atoms with Crippen molar-refractivity contribution < 1.29 is 28.5 Å². The molecule has 2 aromatic carbocycles. The summed E-state index contributed by atoms with van der Waals surface area (Å²) in [5.41, 5.74) is 2.30. The lowest BCUT2D eigenvalue weighted by Crippen LogP contribution is -2.45. The first-order chi connectivity index (χ1) is 17.0. The Labute approximate surface area is 202 Å². The van der Waals surface area contributed by atoms with Crippen molar-refractivity contribution in [3.05, 3.63) is 76.4 Å². The van der Waals surface area contributed by atoms with Crippen LogP contribution in [0.1, 0.15) is 33.0 Å². The standard InChI is InChI=1S/C27H26N2O6/c1-17-2-4-19(34-17)13-25-26(31)20-5-6-22(30)21(27(20)35-25)15-29-10-8-28(9-11-29)14-18-3-7-23-24(12-18)33-16-32-23/h2-7,12-13,30H,8-11,14-16H2,1H3/b25-13-. The summed E-state index contributed by atoms with van der Waals surface area (Å²) in [6.45, 7) is 6.95. The number of Topliss-reactive ketones (excluding diaryl/α,β-unsaturated/α-hetero) is 1. The number of phenolic OH excluding ortho intramolecular Hbond substituents is 1. The van der Waals surface area contributed by atoms with Crippen LogP contribution in [0, 0.1) is 6.92 Å². The van der Waals surface area contributed by atoms with Gasteiger partial charge in [-0.15, -0.1) is 0 Å². The van der Waals surface area contributed by atoms with Crippen LogP contribution >= 0.6 is 0 Å². The van der Waals surface area contributed by atoms with Gasteiger partial charge >= 0.3 is 0 Å². The van der Waals surface area contributed by atoms with Crippen LogP contribution in [0.2, 0.25) is 0 Å². The minimum Gasteiger partial charge on any atom is -0.507 e. The molecule has 8 nitrogen and oxygen atoms in total. The number of phenols is 1. The molecule has 0 aliphatic carbocycles. The summed E-state index contributed by atoms with van der Waals surface area (Å²) >= 11 is 0. The molecule has 0 bridgehead atoms. The maximum Gasteiger partial charge on any atom is 0.232 e. The Morgan fingerprint density at radius 1 is 0.943 bits per heavy atom. The lowest BCUT2D eigenvalue weighted by molar-refractivity contribution is 0.101. The number of fused-ring (bicyclic) bond motifs is 2. The minimum atomic E-state index is -0.205. The van der Waals surface area contributed by atoms with E-state index in [0.717, 1.165) is 50.0 Å². The first-order valence-electron chi connectivity index (χ1n) is 11.7. The number of hydrogen-bond acceptors (Lipinski definition) is 8. The summed E-state index contributed by atoms with van der Waals surface area (Å²) in [5, 5.41) is 10.6. The first kappa shape index (κ1) is 21.8. The lowest BCUT2D eigenvalue weighted by Gasteiger charge is -2.35. The van der Waals surface area contributed by atoms with E-state index in [1.165, 1.54) is 5.56 Å². The molecule has 6 rings (SSSR count). The Kier molecular flexibility index (Phi) is 5.47. The Balaban J connectivity index is 1.12. The number of rotatable bonds is 5. The number of carbonyl (C=O) groups is 1. The maximum absolute atomic E-state index is 12.9. The van der Waals surface area contributed by atoms with Crippen LogP contribution in [0.4, 0.5) is 0 Å². The number of nitrogens with zero attached hydrogens (tertiary/aromatic N) is 2. The van der Waals surface area contributed by atoms with E-state index >= 15 is 0 Å². The molecule has 0 atom stereocenters. The van der Waals surface area contributed by atoms with Crippen molar-refractivity contribution >= 4 is 11.9 Å². The van der Waals surface area contributed by atoms with Gasteiger partial charge in [0, 0.05) is 45.3 Å². The van der Waals surface area contributed by atoms with E-state index in [9.17, 15) is 9.90 Å². The molecule has 0 saturated carbocycles. The monoisotopic (exact) mass is 474 g/mol. The number of ketones is 1. The minimum absolute atomic E-state index is 0.134. The molecule has 0 radical (unpaired) electrons. The zero-order valence-electron chi connectivity index (χ0n) is 19.5. The Morgan fingerprint density at radius 2 is 1.71 bits per heavy atom. The van der Waals surface area contributed by atoms with Crippen LogP contribution in [-0.4, -0.2) is 53.7 Å². The molecule has 3 aliphatic heterocycles. The van der Waals surface area contributed by atoms with Gasteiger partial charge in [-0.3, -0.25) is 14.6 Å². The molecule has 3 aromatic rings. The summed E-state index contributed by atoms with van der Waals surface area (Å²) in [6.07, 6.45) is 1.60. The molecule has 35 heavy (non-hydrogen) atoms. The summed E-state index contributed by atoms with van der Waals surface area (Å²) < 4.78 is 22.4. The Hall–Kier alpha value is -3.75. The average molecular weight is 475 g/mol. The van der Waals surface area contributed by atoms with E-state index in [1.807, 2.05) is 25.1 Å². The fourth-order valence-corrected chi connectivity index (χ4v) is 4.74. The average Bonchev–Trinajstić information content (AvgIpc) is 3.56. The highest BCUT2D eigenvalue weighted by Gasteiger charge is 2.32. The van der Waals surface area contributed by atoms with Crippen LogP contribution in [0.15, 0.2) is 52.6 Å². The molecule has 3 aliphatic rings. The molecule has 8 heteroatoms. The van der Waals surface area contributed by atoms with Crippen molar-refractivity contribution in [1.29, 1.82) is 0 Å². The van der Waals surface area contributed by atoms with Gasteiger partial charge in [0.05, 0.1) is 11.1 Å². The van der Waals surface area contributed by atoms with Gasteiger partial charge < -0.3 is 23.7 Å². The zero-order chi connectivity index (χ0) is 23.9. The summed E-state index contributed by atoms with van der Waals surface area (Å²) in [6, 6.07) is 12.9. The molecule has 180 valence electrons. The van der Waals surface area contributed by atoms with Crippen LogP contribution < -0.4 is 14.2 Å². The van der Waals surface area contributed by atoms with Crippen molar-refractivity contribution in [2.75, 3.05) is 33.0 Å². The van der Waals surface area contributed by atoms with E-state index in [1.54, 1.807) is 24.3 Å². The number of piperazine rings is 1. The molecule has 1 fully saturated rings. The quantitative estimate of drug-likeness (QED) is 0.557. The SMILES string of the molecule is Cc1ccc(/C=C2\Oc3c(ccc(O)c3CN3CCN(Cc4ccc5c(c4)OCO5)CC3)C2=O)o1. The zero-order valence-corrected chi connectivity index (χ0v) is 19.5. The molecular formula is C27H26N2O6. The molecule has 1 aromatic heterocycles. The Bertz CT molecular complexity index is 1320. The number of aromatic hydroxyl groups is 1. The number of furan rings is 1. The highest BCUT2D eigenvalue weighted by Crippen LogP contribution is 2.40. The topological polar surface area (TPSA) is 84.6 Å². The maximum atomic E-state index is 12.9. The van der Waals surface area contributed by atoms with Crippen LogP contribution in [0.5, 0.6) is 23.0 Å². The number of hydrogen-bond donors (Lipinski definition) is 1. The number of allylic oxidation sites excluding steroid dienone is 1. The van der Waals surface area contributed by atoms with Gasteiger partial charge in [0.2, 0.25) is 12.6 Å².